The van der Waals surface area contributed by atoms with Crippen molar-refractivity contribution in [1.29, 1.82) is 0 Å². The Kier molecular flexibility index (Phi) is 3.63. The van der Waals surface area contributed by atoms with Crippen molar-refractivity contribution in [3.63, 3.8) is 0 Å². The van der Waals surface area contributed by atoms with Crippen LogP contribution in [-0.4, -0.2) is 13.1 Å². The molecule has 0 atom stereocenters. The monoisotopic (exact) mass is 269 g/mol. The zero-order valence-electron chi connectivity index (χ0n) is 12.8. The van der Waals surface area contributed by atoms with Gasteiger partial charge in [0.05, 0.1) is 13.8 Å². The summed E-state index contributed by atoms with van der Waals surface area (Å²) >= 11 is 0. The molecule has 0 aliphatic carbocycles. The van der Waals surface area contributed by atoms with Crippen molar-refractivity contribution >= 4 is 13.3 Å². The van der Waals surface area contributed by atoms with Gasteiger partial charge in [0.1, 0.15) is 0 Å². The van der Waals surface area contributed by atoms with E-state index in [1.165, 1.54) is 27.4 Å². The summed E-state index contributed by atoms with van der Waals surface area (Å²) in [5.41, 5.74) is 6.32. The van der Waals surface area contributed by atoms with Gasteiger partial charge < -0.3 is 0 Å². The van der Waals surface area contributed by atoms with Crippen molar-refractivity contribution < 1.29 is 0 Å². The summed E-state index contributed by atoms with van der Waals surface area (Å²) in [7, 11) is -1.29. The van der Waals surface area contributed by atoms with Crippen molar-refractivity contribution in [3.05, 3.63) is 47.2 Å². The van der Waals surface area contributed by atoms with Crippen LogP contribution in [0.25, 0.3) is 11.3 Å². The second kappa shape index (κ2) is 4.93. The van der Waals surface area contributed by atoms with E-state index in [1.54, 1.807) is 0 Å². The van der Waals surface area contributed by atoms with E-state index in [9.17, 15) is 0 Å². The van der Waals surface area contributed by atoms with Crippen LogP contribution >= 0.6 is 0 Å². The summed E-state index contributed by atoms with van der Waals surface area (Å²) in [4.78, 5) is 4.70. The van der Waals surface area contributed by atoms with Gasteiger partial charge in [0.25, 0.3) is 0 Å². The van der Waals surface area contributed by atoms with Gasteiger partial charge in [-0.1, -0.05) is 43.4 Å². The second-order valence-electron chi connectivity index (χ2n) is 6.45. The number of hydrogen-bond acceptors (Lipinski definition) is 1. The number of aryl methyl sites for hydroxylation is 3. The van der Waals surface area contributed by atoms with Crippen LogP contribution in [-0.2, 0) is 0 Å². The van der Waals surface area contributed by atoms with Crippen LogP contribution in [0.1, 0.15) is 16.7 Å². The summed E-state index contributed by atoms with van der Waals surface area (Å²) in [6, 6.07) is 8.80. The maximum atomic E-state index is 4.70. The van der Waals surface area contributed by atoms with Gasteiger partial charge in [-0.3, -0.25) is 4.98 Å². The van der Waals surface area contributed by atoms with E-state index in [1.807, 2.05) is 0 Å². The van der Waals surface area contributed by atoms with Crippen LogP contribution in [0.3, 0.4) is 0 Å². The number of nitrogens with zero attached hydrogens (tertiary/aromatic N) is 1. The Bertz CT molecular complexity index is 609. The lowest BCUT2D eigenvalue weighted by atomic mass is 10.0. The molecule has 2 aromatic rings. The van der Waals surface area contributed by atoms with Gasteiger partial charge in [-0.15, -0.1) is 0 Å². The van der Waals surface area contributed by atoms with Crippen molar-refractivity contribution in [3.8, 4) is 11.3 Å². The first-order valence-corrected chi connectivity index (χ1v) is 10.3. The molecule has 0 spiro atoms. The number of rotatable bonds is 2. The van der Waals surface area contributed by atoms with E-state index in [2.05, 4.69) is 70.9 Å². The van der Waals surface area contributed by atoms with Crippen LogP contribution in [0.2, 0.25) is 19.6 Å². The van der Waals surface area contributed by atoms with E-state index in [0.29, 0.717) is 0 Å². The minimum atomic E-state index is -1.29. The van der Waals surface area contributed by atoms with Gasteiger partial charge in [0, 0.05) is 11.8 Å². The predicted octanol–water partition coefficient (Wildman–Crippen LogP) is 4.22. The highest BCUT2D eigenvalue weighted by atomic mass is 28.3. The van der Waals surface area contributed by atoms with E-state index >= 15 is 0 Å². The van der Waals surface area contributed by atoms with E-state index < -0.39 is 8.07 Å². The molecule has 1 heterocycles. The highest BCUT2D eigenvalue weighted by molar-refractivity contribution is 6.89. The van der Waals surface area contributed by atoms with Crippen molar-refractivity contribution in [1.82, 2.24) is 4.98 Å². The van der Waals surface area contributed by atoms with Crippen molar-refractivity contribution in [2.24, 2.45) is 0 Å². The molecule has 19 heavy (non-hydrogen) atoms. The highest BCUT2D eigenvalue weighted by Crippen LogP contribution is 2.23. The molecule has 0 radical (unpaired) electrons. The molecule has 0 unspecified atom stereocenters. The maximum Gasteiger partial charge on any atom is 0.0799 e. The molecule has 0 saturated carbocycles. The van der Waals surface area contributed by atoms with Gasteiger partial charge in [0.15, 0.2) is 0 Å². The third-order valence-corrected chi connectivity index (χ3v) is 5.72. The normalized spacial score (nSPS) is 11.7. The number of aromatic nitrogens is 1. The third kappa shape index (κ3) is 2.95. The molecule has 0 bridgehead atoms. The fourth-order valence-electron chi connectivity index (χ4n) is 2.59. The standard InChI is InChI=1S/C17H23NSi/c1-12-7-8-15(13(2)9-12)16-10-14(3)17(11-18-16)19(4,5)6/h7-11H,1-6H3. The van der Waals surface area contributed by atoms with E-state index in [4.69, 9.17) is 4.98 Å². The third-order valence-electron chi connectivity index (χ3n) is 3.58. The second-order valence-corrected chi connectivity index (χ2v) is 11.5. The smallest absolute Gasteiger partial charge is 0.0799 e. The Labute approximate surface area is 117 Å². The Morgan fingerprint density at radius 3 is 2.11 bits per heavy atom. The number of hydrogen-bond donors (Lipinski definition) is 0. The van der Waals surface area contributed by atoms with E-state index in [-0.39, 0.29) is 0 Å². The summed E-state index contributed by atoms with van der Waals surface area (Å²) in [5, 5.41) is 1.46. The molecule has 0 N–H and O–H groups in total. The summed E-state index contributed by atoms with van der Waals surface area (Å²) in [5.74, 6) is 0. The Morgan fingerprint density at radius 1 is 0.895 bits per heavy atom. The number of pyridine rings is 1. The minimum Gasteiger partial charge on any atom is -0.256 e. The molecule has 0 aliphatic heterocycles. The van der Waals surface area contributed by atoms with Gasteiger partial charge in [0.2, 0.25) is 0 Å². The first-order chi connectivity index (χ1) is 8.79. The Balaban J connectivity index is 2.51. The van der Waals surface area contributed by atoms with E-state index in [0.717, 1.165) is 5.69 Å². The zero-order valence-corrected chi connectivity index (χ0v) is 13.8. The van der Waals surface area contributed by atoms with Gasteiger partial charge in [-0.25, -0.2) is 0 Å². The van der Waals surface area contributed by atoms with Crippen LogP contribution in [0.4, 0.5) is 0 Å². The molecule has 1 nitrogen and oxygen atoms in total. The molecule has 0 amide bonds. The van der Waals surface area contributed by atoms with Crippen molar-refractivity contribution in [2.75, 3.05) is 0 Å². The molecule has 0 saturated heterocycles. The van der Waals surface area contributed by atoms with Gasteiger partial charge >= 0.3 is 0 Å². The quantitative estimate of drug-likeness (QED) is 0.744. The average Bonchev–Trinajstić information content (AvgIpc) is 2.26. The minimum absolute atomic E-state index is 1.09. The molecule has 0 aliphatic rings. The lowest BCUT2D eigenvalue weighted by Crippen LogP contribution is -2.39. The topological polar surface area (TPSA) is 12.9 Å². The fourth-order valence-corrected chi connectivity index (χ4v) is 4.30. The summed E-state index contributed by atoms with van der Waals surface area (Å²) < 4.78 is 0. The average molecular weight is 269 g/mol. The first-order valence-electron chi connectivity index (χ1n) is 6.84. The zero-order chi connectivity index (χ0) is 14.2. The molecule has 2 heteroatoms. The lowest BCUT2D eigenvalue weighted by Gasteiger charge is -2.19. The molecule has 2 rings (SSSR count). The van der Waals surface area contributed by atoms with Crippen LogP contribution in [0, 0.1) is 20.8 Å². The Morgan fingerprint density at radius 2 is 1.58 bits per heavy atom. The molecule has 1 aromatic carbocycles. The molecule has 100 valence electrons. The highest BCUT2D eigenvalue weighted by Gasteiger charge is 2.19. The SMILES string of the molecule is Cc1ccc(-c2cc(C)c([Si](C)(C)C)cn2)c(C)c1. The Hall–Kier alpha value is -1.41. The molecular weight excluding hydrogens is 246 g/mol. The fraction of sp³-hybridized carbons (Fsp3) is 0.353. The lowest BCUT2D eigenvalue weighted by molar-refractivity contribution is 1.28. The van der Waals surface area contributed by atoms with Crippen LogP contribution in [0.15, 0.2) is 30.5 Å². The first kappa shape index (κ1) is 14.0. The van der Waals surface area contributed by atoms with Gasteiger partial charge in [-0.2, -0.15) is 0 Å². The number of benzene rings is 1. The summed E-state index contributed by atoms with van der Waals surface area (Å²) in [6.07, 6.45) is 2.09. The summed E-state index contributed by atoms with van der Waals surface area (Å²) in [6.45, 7) is 13.6. The molecule has 0 fully saturated rings. The molecular formula is C17H23NSi. The van der Waals surface area contributed by atoms with Crippen LogP contribution < -0.4 is 5.19 Å². The molecule has 1 aromatic heterocycles. The van der Waals surface area contributed by atoms with Gasteiger partial charge in [-0.05, 0) is 43.2 Å². The predicted molar refractivity (Wildman–Crippen MR) is 86.9 cm³/mol. The van der Waals surface area contributed by atoms with Crippen LogP contribution in [0.5, 0.6) is 0 Å². The maximum absolute atomic E-state index is 4.70. The van der Waals surface area contributed by atoms with Crippen molar-refractivity contribution in [2.45, 2.75) is 40.4 Å². The largest absolute Gasteiger partial charge is 0.256 e.